The van der Waals surface area contributed by atoms with Gasteiger partial charge >= 0.3 is 0 Å². The van der Waals surface area contributed by atoms with Crippen molar-refractivity contribution in [3.8, 4) is 45.6 Å². The summed E-state index contributed by atoms with van der Waals surface area (Å²) in [5.41, 5.74) is 6.20. The van der Waals surface area contributed by atoms with Crippen LogP contribution in [0.15, 0.2) is 36.4 Å². The third-order valence-electron chi connectivity index (χ3n) is 10.4. The molecule has 2 aliphatic heterocycles. The molecule has 3 N–H and O–H groups in total. The van der Waals surface area contributed by atoms with Gasteiger partial charge in [-0.25, -0.2) is 0 Å². The Bertz CT molecular complexity index is 1590. The summed E-state index contributed by atoms with van der Waals surface area (Å²) >= 11 is 0. The Labute approximate surface area is 279 Å². The van der Waals surface area contributed by atoms with Crippen LogP contribution in [0.4, 0.5) is 0 Å². The van der Waals surface area contributed by atoms with Crippen LogP contribution in [0.1, 0.15) is 92.1 Å². The highest BCUT2D eigenvalue weighted by Gasteiger charge is 2.43. The molecule has 0 unspecified atom stereocenters. The number of benzene rings is 3. The molecule has 3 aromatic carbocycles. The van der Waals surface area contributed by atoms with E-state index in [0.29, 0.717) is 23.0 Å². The fraction of sp³-hybridized carbons (Fsp3) is 0.514. The highest BCUT2D eigenvalue weighted by Crippen LogP contribution is 2.56. The van der Waals surface area contributed by atoms with Crippen LogP contribution in [0.5, 0.6) is 34.5 Å². The molecule has 1 fully saturated rings. The zero-order chi connectivity index (χ0) is 31.9. The maximum Gasteiger partial charge on any atom is 0.200 e. The van der Waals surface area contributed by atoms with Crippen LogP contribution in [0.25, 0.3) is 11.1 Å². The Morgan fingerprint density at radius 1 is 0.870 bits per heavy atom. The number of hydrogen-bond acceptors (Lipinski definition) is 9. The zero-order valence-electron chi connectivity index (χ0n) is 26.8. The first-order valence-electron chi connectivity index (χ1n) is 16.6. The van der Waals surface area contributed by atoms with Crippen molar-refractivity contribution in [2.24, 2.45) is 5.92 Å². The Hall–Kier alpha value is -2.88. The Morgan fingerprint density at radius 2 is 1.65 bits per heavy atom. The number of aromatic hydroxyl groups is 2. The molecular formula is C37H44O7S2. The molecule has 0 aromatic heterocycles. The van der Waals surface area contributed by atoms with E-state index in [9.17, 15) is 15.3 Å². The van der Waals surface area contributed by atoms with E-state index in [-0.39, 0.29) is 29.4 Å². The summed E-state index contributed by atoms with van der Waals surface area (Å²) in [7, 11) is 6.92. The van der Waals surface area contributed by atoms with Crippen LogP contribution >= 0.6 is 21.6 Å². The molecule has 0 saturated heterocycles. The molecule has 246 valence electrons. The van der Waals surface area contributed by atoms with Crippen LogP contribution in [0.3, 0.4) is 0 Å². The maximum atomic E-state index is 12.3. The molecule has 7 rings (SSSR count). The van der Waals surface area contributed by atoms with Crippen molar-refractivity contribution in [2.75, 3.05) is 25.7 Å². The van der Waals surface area contributed by atoms with Crippen molar-refractivity contribution >= 4 is 21.6 Å². The topological polar surface area (TPSA) is 97.6 Å². The van der Waals surface area contributed by atoms with E-state index < -0.39 is 12.2 Å². The molecular weight excluding hydrogens is 621 g/mol. The SMILES string of the molecule is COc1cc([C@@H]2Oc3cc(OC)c4c5c3[C@H](CSSCC[C@H](C)CC[C@H](C5)c3cc(O)ccc3-4)[C@H]2O)cc(OC2CCCC2)c1O. The monoisotopic (exact) mass is 664 g/mol. The molecule has 2 aliphatic carbocycles. The van der Waals surface area contributed by atoms with Gasteiger partial charge in [0.05, 0.1) is 20.3 Å². The lowest BCUT2D eigenvalue weighted by molar-refractivity contribution is 0.00413. The first kappa shape index (κ1) is 31.7. The maximum absolute atomic E-state index is 12.3. The van der Waals surface area contributed by atoms with Crippen LogP contribution in [-0.2, 0) is 6.42 Å². The molecule has 5 atom stereocenters. The predicted molar refractivity (Wildman–Crippen MR) is 184 cm³/mol. The second kappa shape index (κ2) is 13.3. The van der Waals surface area contributed by atoms with Crippen molar-refractivity contribution < 1.29 is 34.3 Å². The fourth-order valence-electron chi connectivity index (χ4n) is 7.90. The fourth-order valence-corrected chi connectivity index (χ4v) is 10.5. The van der Waals surface area contributed by atoms with E-state index >= 15 is 0 Å². The number of methoxy groups -OCH3 is 2. The van der Waals surface area contributed by atoms with Crippen molar-refractivity contribution in [3.05, 3.63) is 58.7 Å². The Morgan fingerprint density at radius 3 is 2.43 bits per heavy atom. The Balaban J connectivity index is 1.36. The van der Waals surface area contributed by atoms with Crippen molar-refractivity contribution in [2.45, 2.75) is 88.4 Å². The summed E-state index contributed by atoms with van der Waals surface area (Å²) in [4.78, 5) is 0. The van der Waals surface area contributed by atoms with Crippen LogP contribution in [0.2, 0.25) is 0 Å². The van der Waals surface area contributed by atoms with Crippen molar-refractivity contribution in [1.82, 2.24) is 0 Å². The van der Waals surface area contributed by atoms with E-state index in [2.05, 4.69) is 6.92 Å². The largest absolute Gasteiger partial charge is 0.508 e. The van der Waals surface area contributed by atoms with E-state index in [1.807, 2.05) is 45.9 Å². The summed E-state index contributed by atoms with van der Waals surface area (Å²) in [6.45, 7) is 2.34. The number of aliphatic hydroxyl groups is 1. The molecule has 0 amide bonds. The molecule has 0 radical (unpaired) electrons. The molecule has 2 heterocycles. The van der Waals surface area contributed by atoms with Crippen molar-refractivity contribution in [1.29, 1.82) is 0 Å². The number of fused-ring (bicyclic) bond motifs is 4. The summed E-state index contributed by atoms with van der Waals surface area (Å²) in [5, 5.41) is 33.8. The normalized spacial score (nSPS) is 26.1. The number of hydrogen-bond donors (Lipinski definition) is 3. The molecule has 0 spiro atoms. The number of phenols is 2. The average Bonchev–Trinajstić information content (AvgIpc) is 3.57. The van der Waals surface area contributed by atoms with E-state index in [4.69, 9.17) is 18.9 Å². The van der Waals surface area contributed by atoms with Gasteiger partial charge in [-0.3, -0.25) is 0 Å². The van der Waals surface area contributed by atoms with Gasteiger partial charge in [-0.15, -0.1) is 0 Å². The minimum absolute atomic E-state index is 0.0291. The number of rotatable bonds is 5. The smallest absolute Gasteiger partial charge is 0.200 e. The van der Waals surface area contributed by atoms with Gasteiger partial charge in [0.2, 0.25) is 5.75 Å². The first-order chi connectivity index (χ1) is 22.4. The van der Waals surface area contributed by atoms with Gasteiger partial charge in [-0.05, 0) is 97.7 Å². The lowest BCUT2D eigenvalue weighted by Crippen LogP contribution is -2.37. The van der Waals surface area contributed by atoms with E-state index in [1.54, 1.807) is 19.2 Å². The van der Waals surface area contributed by atoms with Crippen molar-refractivity contribution in [3.63, 3.8) is 0 Å². The highest BCUT2D eigenvalue weighted by molar-refractivity contribution is 8.76. The van der Waals surface area contributed by atoms with Gasteiger partial charge in [0, 0.05) is 40.2 Å². The molecule has 4 aliphatic rings. The lowest BCUT2D eigenvalue weighted by atomic mass is 9.71. The third-order valence-corrected chi connectivity index (χ3v) is 12.9. The molecule has 2 bridgehead atoms. The van der Waals surface area contributed by atoms with Gasteiger partial charge < -0.3 is 34.3 Å². The van der Waals surface area contributed by atoms with Gasteiger partial charge in [-0.2, -0.15) is 0 Å². The Kier molecular flexibility index (Phi) is 9.18. The third kappa shape index (κ3) is 5.88. The zero-order valence-corrected chi connectivity index (χ0v) is 28.4. The molecule has 7 nitrogen and oxygen atoms in total. The first-order valence-corrected chi connectivity index (χ1v) is 19.1. The molecule has 3 aromatic rings. The predicted octanol–water partition coefficient (Wildman–Crippen LogP) is 8.52. The van der Waals surface area contributed by atoms with Crippen LogP contribution < -0.4 is 18.9 Å². The number of phenolic OH excluding ortho intramolecular Hbond substituents is 2. The molecule has 46 heavy (non-hydrogen) atoms. The standard InChI is InChI=1S/C37H44O7S2/c1-20-8-9-21-14-27-33(25-11-10-23(38)17-26(21)25)29(41-2)18-30-34(27)28(19-46-45-13-12-20)35(39)37(44-30)22-15-31(42-3)36(40)32(16-22)43-24-6-4-5-7-24/h10-11,15-18,20-21,24,28,35,37-40H,4-9,12-14,19H2,1-3H3/t20-,21-,28+,35-,37+/m1/s1. The second-order valence-corrected chi connectivity index (χ2v) is 16.0. The van der Waals surface area contributed by atoms with E-state index in [0.717, 1.165) is 96.6 Å². The number of aliphatic hydroxyl groups excluding tert-OH is 1. The minimum Gasteiger partial charge on any atom is -0.508 e. The second-order valence-electron chi connectivity index (χ2n) is 13.3. The summed E-state index contributed by atoms with van der Waals surface area (Å²) in [6, 6.07) is 11.2. The molecule has 9 heteroatoms. The van der Waals surface area contributed by atoms with Gasteiger partial charge in [0.1, 0.15) is 23.4 Å². The number of ether oxygens (including phenoxy) is 4. The minimum atomic E-state index is -0.851. The highest BCUT2D eigenvalue weighted by atomic mass is 33.1. The van der Waals surface area contributed by atoms with Crippen LogP contribution in [0, 0.1) is 5.92 Å². The summed E-state index contributed by atoms with van der Waals surface area (Å²) in [6.07, 6.45) is 6.68. The summed E-state index contributed by atoms with van der Waals surface area (Å²) < 4.78 is 24.7. The van der Waals surface area contributed by atoms with Gasteiger partial charge in [0.15, 0.2) is 17.6 Å². The molecule has 1 saturated carbocycles. The van der Waals surface area contributed by atoms with Crippen LogP contribution in [-0.4, -0.2) is 53.3 Å². The van der Waals surface area contributed by atoms with Gasteiger partial charge in [0.25, 0.3) is 0 Å². The van der Waals surface area contributed by atoms with E-state index in [1.165, 1.54) is 12.7 Å². The summed E-state index contributed by atoms with van der Waals surface area (Å²) in [5.74, 6) is 4.77. The van der Waals surface area contributed by atoms with Gasteiger partial charge in [-0.1, -0.05) is 41.0 Å². The average molecular weight is 665 g/mol. The lowest BCUT2D eigenvalue weighted by Gasteiger charge is -2.41. The quantitative estimate of drug-likeness (QED) is 0.232.